The Morgan fingerprint density at radius 2 is 0.857 bits per heavy atom. The average Bonchev–Trinajstić information content (AvgIpc) is 3.69. The van der Waals surface area contributed by atoms with Gasteiger partial charge in [0.15, 0.2) is 0 Å². The number of ether oxygens (including phenoxy) is 2. The van der Waals surface area contributed by atoms with Crippen molar-refractivity contribution in [3.63, 3.8) is 0 Å². The Labute approximate surface area is 348 Å². The van der Waals surface area contributed by atoms with Gasteiger partial charge >= 0.3 is 24.1 Å². The summed E-state index contributed by atoms with van der Waals surface area (Å²) in [5.74, 6) is -1.76. The Hall–Kier alpha value is -3.90. The van der Waals surface area contributed by atoms with Gasteiger partial charge in [0, 0.05) is 37.4 Å². The summed E-state index contributed by atoms with van der Waals surface area (Å²) in [6.07, 6.45) is 2.15. The molecule has 0 saturated heterocycles. The largest absolute Gasteiger partial charge is 0.479 e. The van der Waals surface area contributed by atoms with E-state index in [9.17, 15) is 29.4 Å². The summed E-state index contributed by atoms with van der Waals surface area (Å²) >= 11 is 11.5. The van der Waals surface area contributed by atoms with Crippen molar-refractivity contribution >= 4 is 85.4 Å². The van der Waals surface area contributed by atoms with Crippen LogP contribution in [0.15, 0.2) is 97.1 Å². The molecule has 56 heavy (non-hydrogen) atoms. The molecule has 0 spiro atoms. The minimum atomic E-state index is -1.36. The zero-order valence-electron chi connectivity index (χ0n) is 31.1. The number of fused-ring (bicyclic) bond motifs is 6. The second-order valence-electron chi connectivity index (χ2n) is 13.2. The number of carbonyl (C=O) groups is 4. The van der Waals surface area contributed by atoms with Crippen LogP contribution in [0.3, 0.4) is 0 Å². The number of hydrogen-bond acceptors (Lipinski definition) is 10. The maximum atomic E-state index is 12.2. The van der Waals surface area contributed by atoms with Gasteiger partial charge in [-0.1, -0.05) is 97.1 Å². The van der Waals surface area contributed by atoms with Gasteiger partial charge in [-0.25, -0.2) is 19.2 Å². The van der Waals surface area contributed by atoms with Crippen LogP contribution in [0.1, 0.15) is 47.9 Å². The number of carboxylic acids is 2. The van der Waals surface area contributed by atoms with Crippen molar-refractivity contribution in [3.8, 4) is 22.3 Å². The lowest BCUT2D eigenvalue weighted by Gasteiger charge is -2.25. The Kier molecular flexibility index (Phi) is 16.8. The normalized spacial score (nSPS) is 14.4. The monoisotopic (exact) mass is 868 g/mol. The number of carboxylic acid groups (broad SMARTS) is 2. The van der Waals surface area contributed by atoms with Gasteiger partial charge in [-0.05, 0) is 94.5 Å². The molecule has 0 bridgehead atoms. The molecule has 0 unspecified atom stereocenters. The first kappa shape index (κ1) is 44.8. The summed E-state index contributed by atoms with van der Waals surface area (Å²) < 4.78 is 10.8. The highest BCUT2D eigenvalue weighted by Gasteiger charge is 2.37. The van der Waals surface area contributed by atoms with Crippen LogP contribution in [-0.2, 0) is 42.7 Å². The molecule has 4 aromatic carbocycles. The average molecular weight is 869 g/mol. The summed E-state index contributed by atoms with van der Waals surface area (Å²) in [5.41, 5.74) is 6.34. The van der Waals surface area contributed by atoms with E-state index in [4.69, 9.17) is 9.47 Å². The zero-order chi connectivity index (χ0) is 40.9. The van der Waals surface area contributed by atoms with Crippen molar-refractivity contribution in [2.75, 3.05) is 37.2 Å². The highest BCUT2D eigenvalue weighted by Crippen LogP contribution is 2.45. The number of alkyl carbamates (subject to hydrolysis) is 2. The lowest BCUT2D eigenvalue weighted by atomic mass is 9.98. The fourth-order valence-corrected chi connectivity index (χ4v) is 8.15. The molecule has 294 valence electrons. The van der Waals surface area contributed by atoms with Crippen LogP contribution in [-0.4, -0.2) is 82.6 Å². The van der Waals surface area contributed by atoms with E-state index in [1.807, 2.05) is 72.8 Å². The maximum absolute atomic E-state index is 12.2. The number of benzene rings is 4. The van der Waals surface area contributed by atoms with Crippen molar-refractivity contribution in [1.29, 1.82) is 0 Å². The van der Waals surface area contributed by atoms with Crippen LogP contribution < -0.4 is 10.6 Å². The Balaban J connectivity index is 0.000000227. The van der Waals surface area contributed by atoms with Crippen molar-refractivity contribution in [1.82, 2.24) is 10.6 Å². The van der Waals surface area contributed by atoms with Gasteiger partial charge in [-0.3, -0.25) is 0 Å². The number of rotatable bonds is 13. The first-order valence-corrected chi connectivity index (χ1v) is 24.5. The predicted octanol–water partition coefficient (Wildman–Crippen LogP) is 9.18. The molecule has 0 aromatic heterocycles. The van der Waals surface area contributed by atoms with Gasteiger partial charge in [0.1, 0.15) is 24.3 Å². The number of nitrogens with one attached hydrogen (secondary N) is 2. The molecule has 0 saturated carbocycles. The van der Waals surface area contributed by atoms with E-state index < -0.39 is 35.2 Å². The maximum Gasteiger partial charge on any atom is 0.408 e. The van der Waals surface area contributed by atoms with Gasteiger partial charge in [0.2, 0.25) is 0 Å². The Morgan fingerprint density at radius 3 is 1.09 bits per heavy atom. The third-order valence-electron chi connectivity index (χ3n) is 9.29. The minimum Gasteiger partial charge on any atom is -0.479 e. The molecule has 6 rings (SSSR count). The van der Waals surface area contributed by atoms with Gasteiger partial charge < -0.3 is 30.3 Å². The van der Waals surface area contributed by atoms with Crippen LogP contribution in [0.5, 0.6) is 0 Å². The van der Waals surface area contributed by atoms with E-state index in [0.29, 0.717) is 0 Å². The molecule has 0 fully saturated rings. The topological polar surface area (TPSA) is 151 Å². The van der Waals surface area contributed by atoms with E-state index in [0.717, 1.165) is 58.6 Å². The predicted molar refractivity (Wildman–Crippen MR) is 234 cm³/mol. The number of carbonyl (C=O) groups excluding carboxylic acids is 2. The summed E-state index contributed by atoms with van der Waals surface area (Å²) in [4.78, 5) is 47.3. The van der Waals surface area contributed by atoms with Gasteiger partial charge in [-0.15, -0.1) is 0 Å². The van der Waals surface area contributed by atoms with E-state index in [1.54, 1.807) is 12.5 Å². The number of aliphatic carboxylic acids is 2. The molecule has 0 aliphatic heterocycles. The number of amides is 2. The molecule has 2 atom stereocenters. The standard InChI is InChI=1S/2C20H21NO4S.P2S2/c2*1-20(12-26-2,18(22)23)21-19(24)25-11-17-15-9-5-3-7-13(15)14-8-4-6-10-16(14)17;3-1-2-4/h2*3-10,17H,11-12H2,1-2H3,(H,21,24)(H,22,23);/t2*20-;/m10./s1. The zero-order valence-corrected chi connectivity index (χ0v) is 36.1. The third-order valence-corrected chi connectivity index (χ3v) is 13.7. The molecule has 16 heteroatoms. The summed E-state index contributed by atoms with van der Waals surface area (Å²) in [5, 5.41) is 23.7. The van der Waals surface area contributed by atoms with Crippen LogP contribution >= 0.6 is 37.6 Å². The van der Waals surface area contributed by atoms with Gasteiger partial charge in [0.25, 0.3) is 0 Å². The Bertz CT molecular complexity index is 1840. The van der Waals surface area contributed by atoms with Crippen LogP contribution in [0, 0.1) is 0 Å². The van der Waals surface area contributed by atoms with E-state index in [2.05, 4.69) is 58.5 Å². The highest BCUT2D eigenvalue weighted by atomic mass is 32.7. The second-order valence-corrected chi connectivity index (χ2v) is 19.2. The molecule has 2 aliphatic rings. The summed E-state index contributed by atoms with van der Waals surface area (Å²) in [7, 11) is 1.74. The first-order chi connectivity index (χ1) is 26.8. The molecule has 0 heterocycles. The molecular formula is C40H42N2O8P2S4. The van der Waals surface area contributed by atoms with Crippen molar-refractivity contribution in [2.45, 2.75) is 36.8 Å². The second kappa shape index (κ2) is 21.0. The smallest absolute Gasteiger partial charge is 0.408 e. The van der Waals surface area contributed by atoms with Crippen LogP contribution in [0.4, 0.5) is 9.59 Å². The fraction of sp³-hybridized carbons (Fsp3) is 0.300. The highest BCUT2D eigenvalue weighted by molar-refractivity contribution is 8.40. The summed E-state index contributed by atoms with van der Waals surface area (Å²) in [6, 6.07) is 32.3. The van der Waals surface area contributed by atoms with Crippen molar-refractivity contribution < 1.29 is 38.9 Å². The molecule has 4 aromatic rings. The summed E-state index contributed by atoms with van der Waals surface area (Å²) in [6.45, 7) is 3.28. The van der Waals surface area contributed by atoms with Crippen molar-refractivity contribution in [2.24, 2.45) is 0 Å². The first-order valence-electron chi connectivity index (χ1n) is 17.2. The van der Waals surface area contributed by atoms with Crippen molar-refractivity contribution in [3.05, 3.63) is 119 Å². The molecule has 2 aliphatic carbocycles. The lowest BCUT2D eigenvalue weighted by molar-refractivity contribution is -0.143. The quantitative estimate of drug-likeness (QED) is 0.0949. The fourth-order valence-electron chi connectivity index (χ4n) is 6.60. The SMILES string of the molecule is CSC[C@@](C)(NC(=O)OCC1c2ccccc2-c2ccccc21)C(=O)O.CSC[C@](C)(NC(=O)OCC1c2ccccc2-c2ccccc21)C(=O)O.S=PP=S. The molecular weight excluding hydrogens is 827 g/mol. The lowest BCUT2D eigenvalue weighted by Crippen LogP contribution is -2.54. The van der Waals surface area contributed by atoms with Gasteiger partial charge in [-0.2, -0.15) is 23.5 Å². The Morgan fingerprint density at radius 1 is 0.589 bits per heavy atom. The minimum absolute atomic E-state index is 0.0511. The third kappa shape index (κ3) is 10.9. The number of thioether (sulfide) groups is 2. The van der Waals surface area contributed by atoms with Crippen LogP contribution in [0.2, 0.25) is 0 Å². The van der Waals surface area contributed by atoms with E-state index in [-0.39, 0.29) is 36.6 Å². The van der Waals surface area contributed by atoms with E-state index in [1.165, 1.54) is 37.4 Å². The number of hydrogen-bond donors (Lipinski definition) is 4. The van der Waals surface area contributed by atoms with Gasteiger partial charge in [0.05, 0.1) is 0 Å². The van der Waals surface area contributed by atoms with E-state index >= 15 is 0 Å². The molecule has 10 nitrogen and oxygen atoms in total. The molecule has 2 amide bonds. The molecule has 4 N–H and O–H groups in total. The molecule has 0 radical (unpaired) electrons. The van der Waals surface area contributed by atoms with Crippen LogP contribution in [0.25, 0.3) is 22.3 Å².